The summed E-state index contributed by atoms with van der Waals surface area (Å²) in [5, 5.41) is 4.74. The van der Waals surface area contributed by atoms with E-state index >= 15 is 0 Å². The quantitative estimate of drug-likeness (QED) is 0.395. The molecular weight excluding hydrogens is 388 g/mol. The van der Waals surface area contributed by atoms with Crippen LogP contribution in [-0.4, -0.2) is 39.5 Å². The van der Waals surface area contributed by atoms with E-state index in [9.17, 15) is 0 Å². The Morgan fingerprint density at radius 3 is 2.43 bits per heavy atom. The molecule has 0 unspecified atom stereocenters. The smallest absolute Gasteiger partial charge is 0.244 e. The van der Waals surface area contributed by atoms with E-state index in [-0.39, 0.29) is 6.79 Å². The largest absolute Gasteiger partial charge is 0.531 e. The van der Waals surface area contributed by atoms with Crippen molar-refractivity contribution in [2.45, 2.75) is 46.2 Å². The lowest BCUT2D eigenvalue weighted by molar-refractivity contribution is 0.174. The molecular formula is C19H28N4O3Si2. The SMILES string of the molecule is Cc1cc(O[Si](C)(C)C)nc(N(/N=C\c2ccc3c(c2)OCO3)[Si](C)(C)C)n1. The monoisotopic (exact) mass is 416 g/mol. The first-order chi connectivity index (χ1) is 13.0. The second-order valence-electron chi connectivity index (χ2n) is 8.70. The van der Waals surface area contributed by atoms with Crippen molar-refractivity contribution in [3.05, 3.63) is 35.5 Å². The van der Waals surface area contributed by atoms with E-state index in [1.165, 1.54) is 0 Å². The zero-order valence-electron chi connectivity index (χ0n) is 17.6. The Morgan fingerprint density at radius 1 is 1.04 bits per heavy atom. The van der Waals surface area contributed by atoms with Gasteiger partial charge in [-0.25, -0.2) is 4.98 Å². The standard InChI is InChI=1S/C19H28N4O3Si2/c1-14-10-18(26-28(5,6)7)22-19(21-14)23(27(2,3)4)20-12-15-8-9-16-17(11-15)25-13-24-16/h8-12H,13H2,1-7H3/b20-12-. The van der Waals surface area contributed by atoms with Gasteiger partial charge in [-0.2, -0.15) is 10.1 Å². The van der Waals surface area contributed by atoms with E-state index in [1.54, 1.807) is 0 Å². The van der Waals surface area contributed by atoms with Crippen molar-refractivity contribution in [2.24, 2.45) is 5.10 Å². The maximum Gasteiger partial charge on any atom is 0.244 e. The molecule has 0 spiro atoms. The minimum absolute atomic E-state index is 0.258. The molecule has 0 saturated carbocycles. The molecule has 1 aliphatic heterocycles. The highest BCUT2D eigenvalue weighted by molar-refractivity contribution is 6.79. The van der Waals surface area contributed by atoms with Gasteiger partial charge in [-0.15, -0.1) is 0 Å². The summed E-state index contributed by atoms with van der Waals surface area (Å²) in [6.45, 7) is 15.2. The number of hydrogen-bond donors (Lipinski definition) is 0. The van der Waals surface area contributed by atoms with Crippen molar-refractivity contribution < 1.29 is 13.9 Å². The van der Waals surface area contributed by atoms with E-state index < -0.39 is 16.6 Å². The number of fused-ring (bicyclic) bond motifs is 1. The molecule has 0 fully saturated rings. The van der Waals surface area contributed by atoms with Gasteiger partial charge in [0.05, 0.1) is 6.21 Å². The van der Waals surface area contributed by atoms with Crippen LogP contribution in [0.5, 0.6) is 17.4 Å². The molecule has 2 aromatic rings. The number of anilines is 1. The van der Waals surface area contributed by atoms with Crippen molar-refractivity contribution in [1.29, 1.82) is 0 Å². The predicted octanol–water partition coefficient (Wildman–Crippen LogP) is 4.40. The molecule has 1 aliphatic rings. The summed E-state index contributed by atoms with van der Waals surface area (Å²) in [7, 11) is -3.66. The van der Waals surface area contributed by atoms with Crippen LogP contribution in [0.25, 0.3) is 0 Å². The van der Waals surface area contributed by atoms with Gasteiger partial charge in [0.1, 0.15) is 0 Å². The van der Waals surface area contributed by atoms with Crippen molar-refractivity contribution in [1.82, 2.24) is 9.97 Å². The van der Waals surface area contributed by atoms with E-state index in [0.717, 1.165) is 22.8 Å². The van der Waals surface area contributed by atoms with E-state index in [0.29, 0.717) is 11.8 Å². The molecule has 0 aliphatic carbocycles. The lowest BCUT2D eigenvalue weighted by atomic mass is 10.2. The van der Waals surface area contributed by atoms with Crippen molar-refractivity contribution >= 4 is 28.7 Å². The summed E-state index contributed by atoms with van der Waals surface area (Å²) >= 11 is 0. The van der Waals surface area contributed by atoms with E-state index in [1.807, 2.05) is 42.1 Å². The molecule has 0 bridgehead atoms. The topological polar surface area (TPSA) is 69.1 Å². The molecule has 0 radical (unpaired) electrons. The fraction of sp³-hybridized carbons (Fsp3) is 0.421. The van der Waals surface area contributed by atoms with E-state index in [4.69, 9.17) is 19.0 Å². The zero-order chi connectivity index (χ0) is 20.5. The number of rotatable bonds is 6. The third kappa shape index (κ3) is 5.11. The number of benzene rings is 1. The maximum absolute atomic E-state index is 6.09. The fourth-order valence-electron chi connectivity index (χ4n) is 2.63. The first-order valence-electron chi connectivity index (χ1n) is 9.30. The lowest BCUT2D eigenvalue weighted by Crippen LogP contribution is -2.43. The van der Waals surface area contributed by atoms with Gasteiger partial charge in [0.2, 0.25) is 26.9 Å². The number of aromatic nitrogens is 2. The fourth-order valence-corrected chi connectivity index (χ4v) is 4.46. The first-order valence-corrected chi connectivity index (χ1v) is 16.2. The maximum atomic E-state index is 6.09. The van der Waals surface area contributed by atoms with Gasteiger partial charge in [0.25, 0.3) is 0 Å². The van der Waals surface area contributed by atoms with Gasteiger partial charge in [-0.1, -0.05) is 0 Å². The number of nitrogens with zero attached hydrogens (tertiary/aromatic N) is 4. The van der Waals surface area contributed by atoms with Crippen LogP contribution in [0.3, 0.4) is 0 Å². The van der Waals surface area contributed by atoms with Crippen molar-refractivity contribution in [2.75, 3.05) is 11.5 Å². The molecule has 3 rings (SSSR count). The van der Waals surface area contributed by atoms with Crippen molar-refractivity contribution in [3.8, 4) is 17.4 Å². The molecule has 0 N–H and O–H groups in total. The Morgan fingerprint density at radius 2 is 1.75 bits per heavy atom. The number of hydrazone groups is 1. The van der Waals surface area contributed by atoms with E-state index in [2.05, 4.69) is 49.3 Å². The second kappa shape index (κ2) is 7.55. The van der Waals surface area contributed by atoms with Gasteiger partial charge in [0, 0.05) is 11.8 Å². The highest BCUT2D eigenvalue weighted by Gasteiger charge is 2.28. The Bertz CT molecular complexity index is 892. The summed E-state index contributed by atoms with van der Waals surface area (Å²) in [4.78, 5) is 9.29. The molecule has 0 atom stereocenters. The highest BCUT2D eigenvalue weighted by atomic mass is 28.4. The zero-order valence-corrected chi connectivity index (χ0v) is 19.6. The van der Waals surface area contributed by atoms with Crippen LogP contribution in [0.2, 0.25) is 39.3 Å². The molecule has 9 heteroatoms. The summed E-state index contributed by atoms with van der Waals surface area (Å²) in [5.41, 5.74) is 1.79. The molecule has 28 heavy (non-hydrogen) atoms. The minimum Gasteiger partial charge on any atom is -0.531 e. The molecule has 1 aromatic carbocycles. The Labute approximate surface area is 168 Å². The van der Waals surface area contributed by atoms with Crippen LogP contribution in [-0.2, 0) is 0 Å². The van der Waals surface area contributed by atoms with Gasteiger partial charge in [-0.3, -0.25) is 4.67 Å². The first kappa shape index (κ1) is 20.3. The van der Waals surface area contributed by atoms with Crippen molar-refractivity contribution in [3.63, 3.8) is 0 Å². The van der Waals surface area contributed by atoms with Crippen LogP contribution in [0.15, 0.2) is 29.4 Å². The molecule has 2 heterocycles. The number of hydrogen-bond acceptors (Lipinski definition) is 7. The lowest BCUT2D eigenvalue weighted by Gasteiger charge is -2.30. The Kier molecular flexibility index (Phi) is 5.49. The summed E-state index contributed by atoms with van der Waals surface area (Å²) in [6.07, 6.45) is 1.81. The average Bonchev–Trinajstić information content (AvgIpc) is 2.99. The Hall–Kier alpha value is -2.40. The molecule has 0 amide bonds. The molecule has 1 aromatic heterocycles. The van der Waals surface area contributed by atoms with Gasteiger partial charge < -0.3 is 13.9 Å². The summed E-state index contributed by atoms with van der Waals surface area (Å²) in [5.74, 6) is 2.68. The summed E-state index contributed by atoms with van der Waals surface area (Å²) < 4.78 is 18.9. The molecule has 7 nitrogen and oxygen atoms in total. The number of ether oxygens (including phenoxy) is 2. The highest BCUT2D eigenvalue weighted by Crippen LogP contribution is 2.32. The molecule has 150 valence electrons. The van der Waals surface area contributed by atoms with Crippen LogP contribution in [0, 0.1) is 6.92 Å². The van der Waals surface area contributed by atoms with Gasteiger partial charge >= 0.3 is 0 Å². The van der Waals surface area contributed by atoms with Gasteiger partial charge in [0.15, 0.2) is 19.7 Å². The normalized spacial score (nSPS) is 13.8. The van der Waals surface area contributed by atoms with Crippen LogP contribution in [0.4, 0.5) is 5.95 Å². The predicted molar refractivity (Wildman–Crippen MR) is 117 cm³/mol. The van der Waals surface area contributed by atoms with Crippen LogP contribution >= 0.6 is 0 Å². The van der Waals surface area contributed by atoms with Crippen LogP contribution in [0.1, 0.15) is 11.3 Å². The Balaban J connectivity index is 1.93. The third-order valence-electron chi connectivity index (χ3n) is 3.77. The average molecular weight is 417 g/mol. The van der Waals surface area contributed by atoms with Crippen LogP contribution < -0.4 is 18.6 Å². The molecule has 0 saturated heterocycles. The van der Waals surface area contributed by atoms with Gasteiger partial charge in [-0.05, 0) is 70.0 Å². The minimum atomic E-state index is -1.90. The summed E-state index contributed by atoms with van der Waals surface area (Å²) in [6, 6.07) is 7.65. The second-order valence-corrected chi connectivity index (χ2v) is 17.9. The third-order valence-corrected chi connectivity index (χ3v) is 6.18. The number of aryl methyl sites for hydroxylation is 1.